The topological polar surface area (TPSA) is 49.8 Å². The van der Waals surface area contributed by atoms with Crippen molar-refractivity contribution in [2.45, 2.75) is 33.1 Å². The molecule has 15 heavy (non-hydrogen) atoms. The van der Waals surface area contributed by atoms with Gasteiger partial charge in [-0.25, -0.2) is 0 Å². The van der Waals surface area contributed by atoms with Crippen LogP contribution >= 0.6 is 0 Å². The molecule has 0 aliphatic carbocycles. The van der Waals surface area contributed by atoms with Crippen molar-refractivity contribution in [3.8, 4) is 0 Å². The summed E-state index contributed by atoms with van der Waals surface area (Å²) >= 11 is 0. The molecular formula is C11H23NO3. The molecule has 0 bridgehead atoms. The van der Waals surface area contributed by atoms with E-state index in [4.69, 9.17) is 9.84 Å². The maximum Gasteiger partial charge on any atom is 0.222 e. The predicted octanol–water partition coefficient (Wildman–Crippen LogP) is 1.03. The number of aliphatic hydroxyl groups is 1. The molecule has 1 amide bonds. The van der Waals surface area contributed by atoms with Crippen LogP contribution < -0.4 is 0 Å². The average molecular weight is 217 g/mol. The molecule has 0 rings (SSSR count). The molecule has 0 radical (unpaired) electrons. The van der Waals surface area contributed by atoms with E-state index in [1.807, 2.05) is 13.8 Å². The number of carbonyl (C=O) groups excluding carboxylic acids is 1. The molecule has 0 saturated heterocycles. The third-order valence-corrected chi connectivity index (χ3v) is 2.24. The van der Waals surface area contributed by atoms with E-state index >= 15 is 0 Å². The van der Waals surface area contributed by atoms with E-state index in [1.54, 1.807) is 4.90 Å². The number of unbranched alkanes of at least 4 members (excludes halogenated alkanes) is 1. The fraction of sp³-hybridized carbons (Fsp3) is 0.909. The highest BCUT2D eigenvalue weighted by Gasteiger charge is 2.10. The van der Waals surface area contributed by atoms with Crippen LogP contribution in [0.5, 0.6) is 0 Å². The Kier molecular flexibility index (Phi) is 9.52. The predicted molar refractivity (Wildman–Crippen MR) is 59.7 cm³/mol. The molecule has 0 saturated carbocycles. The highest BCUT2D eigenvalue weighted by molar-refractivity contribution is 5.76. The van der Waals surface area contributed by atoms with Crippen molar-refractivity contribution < 1.29 is 14.6 Å². The minimum Gasteiger partial charge on any atom is -0.396 e. The second-order valence-electron chi connectivity index (χ2n) is 3.35. The standard InChI is InChI=1S/C11H23NO3/c1-3-12(8-10-15-4-2)11(14)7-5-6-9-13/h13H,3-10H2,1-2H3. The fourth-order valence-electron chi connectivity index (χ4n) is 1.32. The van der Waals surface area contributed by atoms with Crippen molar-refractivity contribution in [3.05, 3.63) is 0 Å². The van der Waals surface area contributed by atoms with Gasteiger partial charge in [0.2, 0.25) is 5.91 Å². The first-order valence-electron chi connectivity index (χ1n) is 5.72. The van der Waals surface area contributed by atoms with E-state index in [0.717, 1.165) is 13.0 Å². The normalized spacial score (nSPS) is 10.3. The number of carbonyl (C=O) groups is 1. The monoisotopic (exact) mass is 217 g/mol. The number of amides is 1. The van der Waals surface area contributed by atoms with Gasteiger partial charge in [0.1, 0.15) is 0 Å². The van der Waals surface area contributed by atoms with E-state index in [2.05, 4.69) is 0 Å². The molecule has 4 heteroatoms. The fourth-order valence-corrected chi connectivity index (χ4v) is 1.32. The highest BCUT2D eigenvalue weighted by atomic mass is 16.5. The van der Waals surface area contributed by atoms with Crippen LogP contribution in [0.2, 0.25) is 0 Å². The summed E-state index contributed by atoms with van der Waals surface area (Å²) in [5, 5.41) is 8.60. The minimum atomic E-state index is 0.158. The minimum absolute atomic E-state index is 0.158. The zero-order valence-electron chi connectivity index (χ0n) is 9.87. The van der Waals surface area contributed by atoms with Gasteiger partial charge >= 0.3 is 0 Å². The lowest BCUT2D eigenvalue weighted by Crippen LogP contribution is -2.33. The quantitative estimate of drug-likeness (QED) is 0.587. The van der Waals surface area contributed by atoms with Gasteiger partial charge in [0.15, 0.2) is 0 Å². The molecule has 0 aromatic heterocycles. The Labute approximate surface area is 92.2 Å². The van der Waals surface area contributed by atoms with Crippen LogP contribution in [0.15, 0.2) is 0 Å². The summed E-state index contributed by atoms with van der Waals surface area (Å²) in [6.45, 7) is 6.77. The van der Waals surface area contributed by atoms with Crippen molar-refractivity contribution in [2.24, 2.45) is 0 Å². The summed E-state index contributed by atoms with van der Waals surface area (Å²) in [6.07, 6.45) is 2.00. The summed E-state index contributed by atoms with van der Waals surface area (Å²) in [7, 11) is 0. The molecule has 0 unspecified atom stereocenters. The highest BCUT2D eigenvalue weighted by Crippen LogP contribution is 2.00. The van der Waals surface area contributed by atoms with Crippen molar-refractivity contribution in [2.75, 3.05) is 32.9 Å². The number of ether oxygens (including phenoxy) is 1. The third-order valence-electron chi connectivity index (χ3n) is 2.24. The van der Waals surface area contributed by atoms with Crippen LogP contribution in [0.3, 0.4) is 0 Å². The number of likely N-dealkylation sites (N-methyl/N-ethyl adjacent to an activating group) is 1. The van der Waals surface area contributed by atoms with Gasteiger partial charge < -0.3 is 14.7 Å². The molecule has 0 aliphatic heterocycles. The first-order valence-corrected chi connectivity index (χ1v) is 5.72. The molecule has 0 atom stereocenters. The Hall–Kier alpha value is -0.610. The SMILES string of the molecule is CCOCCN(CC)C(=O)CCCCO. The van der Waals surface area contributed by atoms with Crippen molar-refractivity contribution in [1.29, 1.82) is 0 Å². The largest absolute Gasteiger partial charge is 0.396 e. The zero-order chi connectivity index (χ0) is 11.5. The van der Waals surface area contributed by atoms with Crippen molar-refractivity contribution in [3.63, 3.8) is 0 Å². The maximum absolute atomic E-state index is 11.6. The van der Waals surface area contributed by atoms with Crippen LogP contribution in [-0.2, 0) is 9.53 Å². The molecule has 0 aromatic rings. The Morgan fingerprint density at radius 2 is 2.07 bits per heavy atom. The van der Waals surface area contributed by atoms with Gasteiger partial charge in [-0.2, -0.15) is 0 Å². The molecule has 4 nitrogen and oxygen atoms in total. The molecule has 0 fully saturated rings. The Balaban J connectivity index is 3.67. The Morgan fingerprint density at radius 1 is 1.33 bits per heavy atom. The lowest BCUT2D eigenvalue weighted by atomic mass is 10.2. The van der Waals surface area contributed by atoms with E-state index in [-0.39, 0.29) is 12.5 Å². The second kappa shape index (κ2) is 9.93. The first-order chi connectivity index (χ1) is 7.26. The summed E-state index contributed by atoms with van der Waals surface area (Å²) < 4.78 is 5.21. The Morgan fingerprint density at radius 3 is 2.60 bits per heavy atom. The lowest BCUT2D eigenvalue weighted by Gasteiger charge is -2.20. The van der Waals surface area contributed by atoms with Crippen LogP contribution in [0.1, 0.15) is 33.1 Å². The lowest BCUT2D eigenvalue weighted by molar-refractivity contribution is -0.131. The number of rotatable bonds is 9. The van der Waals surface area contributed by atoms with E-state index in [0.29, 0.717) is 32.6 Å². The molecule has 1 N–H and O–H groups in total. The smallest absolute Gasteiger partial charge is 0.222 e. The molecule has 0 aliphatic rings. The van der Waals surface area contributed by atoms with E-state index < -0.39 is 0 Å². The first kappa shape index (κ1) is 14.4. The van der Waals surface area contributed by atoms with Gasteiger partial charge in [-0.3, -0.25) is 4.79 Å². The molecule has 0 heterocycles. The van der Waals surface area contributed by atoms with Crippen molar-refractivity contribution in [1.82, 2.24) is 4.90 Å². The van der Waals surface area contributed by atoms with Crippen molar-refractivity contribution >= 4 is 5.91 Å². The van der Waals surface area contributed by atoms with Crippen LogP contribution in [0.4, 0.5) is 0 Å². The molecule has 90 valence electrons. The van der Waals surface area contributed by atoms with Gasteiger partial charge in [0.05, 0.1) is 6.61 Å². The maximum atomic E-state index is 11.6. The number of nitrogens with zero attached hydrogens (tertiary/aromatic N) is 1. The Bertz CT molecular complexity index is 162. The molecule has 0 aromatic carbocycles. The second-order valence-corrected chi connectivity index (χ2v) is 3.35. The number of hydrogen-bond acceptors (Lipinski definition) is 3. The van der Waals surface area contributed by atoms with Crippen LogP contribution in [0, 0.1) is 0 Å². The van der Waals surface area contributed by atoms with Gasteiger partial charge in [-0.1, -0.05) is 0 Å². The van der Waals surface area contributed by atoms with E-state index in [1.165, 1.54) is 0 Å². The van der Waals surface area contributed by atoms with Gasteiger partial charge in [-0.05, 0) is 26.7 Å². The third kappa shape index (κ3) is 7.33. The summed E-state index contributed by atoms with van der Waals surface area (Å²) in [5.74, 6) is 0.158. The van der Waals surface area contributed by atoms with Gasteiger partial charge in [0.25, 0.3) is 0 Å². The number of aliphatic hydroxyl groups excluding tert-OH is 1. The summed E-state index contributed by atoms with van der Waals surface area (Å²) in [4.78, 5) is 13.4. The average Bonchev–Trinajstić information content (AvgIpc) is 2.24. The summed E-state index contributed by atoms with van der Waals surface area (Å²) in [6, 6.07) is 0. The van der Waals surface area contributed by atoms with Crippen LogP contribution in [0.25, 0.3) is 0 Å². The summed E-state index contributed by atoms with van der Waals surface area (Å²) in [5.41, 5.74) is 0. The van der Waals surface area contributed by atoms with Gasteiger partial charge in [0, 0.05) is 32.7 Å². The molecule has 0 spiro atoms. The van der Waals surface area contributed by atoms with E-state index in [9.17, 15) is 4.79 Å². The number of hydrogen-bond donors (Lipinski definition) is 1. The molecular weight excluding hydrogens is 194 g/mol. The zero-order valence-corrected chi connectivity index (χ0v) is 9.87. The van der Waals surface area contributed by atoms with Crippen LogP contribution in [-0.4, -0.2) is 48.8 Å². The van der Waals surface area contributed by atoms with Gasteiger partial charge in [-0.15, -0.1) is 0 Å².